The molecule has 0 amide bonds. The summed E-state index contributed by atoms with van der Waals surface area (Å²) in [6, 6.07) is 6.30. The summed E-state index contributed by atoms with van der Waals surface area (Å²) in [5.74, 6) is 0. The van der Waals surface area contributed by atoms with Crippen molar-refractivity contribution in [3.05, 3.63) is 38.9 Å². The lowest BCUT2D eigenvalue weighted by atomic mass is 10.1. The molecule has 1 aromatic heterocycles. The number of fused-ring (bicyclic) bond motifs is 2. The number of anilines is 1. The van der Waals surface area contributed by atoms with Gasteiger partial charge in [-0.25, -0.2) is 0 Å². The Kier molecular flexibility index (Phi) is 2.85. The Hall–Kier alpha value is -2.08. The van der Waals surface area contributed by atoms with E-state index in [0.29, 0.717) is 22.9 Å². The first-order valence-electron chi connectivity index (χ1n) is 7.48. The fourth-order valence-corrected chi connectivity index (χ4v) is 3.80. The van der Waals surface area contributed by atoms with Crippen LogP contribution in [0.4, 0.5) is 5.69 Å². The molecule has 2 aliphatic heterocycles. The lowest BCUT2D eigenvalue weighted by Crippen LogP contribution is -2.34. The summed E-state index contributed by atoms with van der Waals surface area (Å²) >= 11 is 0. The number of nitrogens with zero attached hydrogens (tertiary/aromatic N) is 1. The van der Waals surface area contributed by atoms with Crippen molar-refractivity contribution in [3.8, 4) is 0 Å². The van der Waals surface area contributed by atoms with E-state index in [1.807, 2.05) is 12.1 Å². The third-order valence-electron chi connectivity index (χ3n) is 4.77. The predicted molar refractivity (Wildman–Crippen MR) is 81.8 cm³/mol. The number of hydrogen-bond donors (Lipinski definition) is 3. The molecule has 110 valence electrons. The second-order valence-electron chi connectivity index (χ2n) is 5.92. The maximum atomic E-state index is 12.1. The lowest BCUT2D eigenvalue weighted by molar-refractivity contribution is 0.318. The molecule has 0 radical (unpaired) electrons. The monoisotopic (exact) mass is 286 g/mol. The van der Waals surface area contributed by atoms with Crippen LogP contribution in [0, 0.1) is 0 Å². The van der Waals surface area contributed by atoms with Gasteiger partial charge in [-0.1, -0.05) is 6.07 Å². The molecule has 4 rings (SSSR count). The van der Waals surface area contributed by atoms with Gasteiger partial charge in [-0.05, 0) is 37.9 Å². The topological polar surface area (TPSA) is 81.0 Å². The first-order valence-corrected chi connectivity index (χ1v) is 7.48. The molecular weight excluding hydrogens is 268 g/mol. The summed E-state index contributed by atoms with van der Waals surface area (Å²) in [6.45, 7) is 2.29. The van der Waals surface area contributed by atoms with E-state index in [1.54, 1.807) is 6.07 Å². The SMILES string of the molecule is O=c1[nH][nH]c(=O)c2c(NC3CCN4CCCC34)cccc12. The highest BCUT2D eigenvalue weighted by atomic mass is 16.1. The molecule has 0 bridgehead atoms. The second-order valence-corrected chi connectivity index (χ2v) is 5.92. The van der Waals surface area contributed by atoms with Gasteiger partial charge in [-0.15, -0.1) is 0 Å². The van der Waals surface area contributed by atoms with E-state index in [4.69, 9.17) is 0 Å². The van der Waals surface area contributed by atoms with E-state index in [-0.39, 0.29) is 11.1 Å². The maximum Gasteiger partial charge on any atom is 0.272 e. The Balaban J connectivity index is 1.76. The largest absolute Gasteiger partial charge is 0.380 e. The normalized spacial score (nSPS) is 25.3. The third-order valence-corrected chi connectivity index (χ3v) is 4.77. The Morgan fingerprint density at radius 1 is 1.10 bits per heavy atom. The molecule has 2 atom stereocenters. The molecule has 6 nitrogen and oxygen atoms in total. The Morgan fingerprint density at radius 3 is 2.86 bits per heavy atom. The third kappa shape index (κ3) is 1.98. The van der Waals surface area contributed by atoms with Crippen LogP contribution in [0.5, 0.6) is 0 Å². The number of aromatic nitrogens is 2. The van der Waals surface area contributed by atoms with Gasteiger partial charge in [-0.3, -0.25) is 24.7 Å². The molecule has 3 heterocycles. The molecule has 21 heavy (non-hydrogen) atoms. The van der Waals surface area contributed by atoms with Crippen LogP contribution in [0.3, 0.4) is 0 Å². The molecule has 0 aliphatic carbocycles. The van der Waals surface area contributed by atoms with Crippen molar-refractivity contribution in [2.45, 2.75) is 31.3 Å². The van der Waals surface area contributed by atoms with Gasteiger partial charge < -0.3 is 5.32 Å². The van der Waals surface area contributed by atoms with E-state index in [1.165, 1.54) is 19.4 Å². The van der Waals surface area contributed by atoms with Crippen molar-refractivity contribution in [2.24, 2.45) is 0 Å². The summed E-state index contributed by atoms with van der Waals surface area (Å²) in [4.78, 5) is 26.4. The van der Waals surface area contributed by atoms with E-state index in [0.717, 1.165) is 18.7 Å². The number of rotatable bonds is 2. The van der Waals surface area contributed by atoms with Crippen molar-refractivity contribution >= 4 is 16.5 Å². The lowest BCUT2D eigenvalue weighted by Gasteiger charge is -2.22. The summed E-state index contributed by atoms with van der Waals surface area (Å²) in [5.41, 5.74) is 0.245. The number of hydrogen-bond acceptors (Lipinski definition) is 4. The van der Waals surface area contributed by atoms with E-state index >= 15 is 0 Å². The molecule has 0 spiro atoms. The van der Waals surface area contributed by atoms with Gasteiger partial charge in [0.05, 0.1) is 10.8 Å². The van der Waals surface area contributed by atoms with Crippen LogP contribution in [0.2, 0.25) is 0 Å². The molecule has 2 saturated heterocycles. The zero-order valence-electron chi connectivity index (χ0n) is 11.7. The smallest absolute Gasteiger partial charge is 0.272 e. The summed E-state index contributed by atoms with van der Waals surface area (Å²) in [7, 11) is 0. The zero-order chi connectivity index (χ0) is 14.4. The first kappa shape index (κ1) is 12.6. The second kappa shape index (κ2) is 4.73. The number of H-pyrrole nitrogens is 2. The van der Waals surface area contributed by atoms with Crippen LogP contribution >= 0.6 is 0 Å². The van der Waals surface area contributed by atoms with Gasteiger partial charge in [0.2, 0.25) is 0 Å². The molecule has 2 fully saturated rings. The summed E-state index contributed by atoms with van der Waals surface area (Å²) in [6.07, 6.45) is 3.54. The fourth-order valence-electron chi connectivity index (χ4n) is 3.80. The Labute approximate surface area is 121 Å². The van der Waals surface area contributed by atoms with Gasteiger partial charge in [0, 0.05) is 24.3 Å². The molecule has 2 aromatic rings. The van der Waals surface area contributed by atoms with Crippen molar-refractivity contribution in [1.82, 2.24) is 15.1 Å². The summed E-state index contributed by atoms with van der Waals surface area (Å²) in [5, 5.41) is 9.18. The molecule has 0 saturated carbocycles. The Morgan fingerprint density at radius 2 is 1.95 bits per heavy atom. The van der Waals surface area contributed by atoms with Gasteiger partial charge in [0.1, 0.15) is 0 Å². The highest BCUT2D eigenvalue weighted by molar-refractivity contribution is 5.92. The molecule has 6 heteroatoms. The predicted octanol–water partition coefficient (Wildman–Crippen LogP) is 0.865. The van der Waals surface area contributed by atoms with Crippen molar-refractivity contribution in [3.63, 3.8) is 0 Å². The highest BCUT2D eigenvalue weighted by Crippen LogP contribution is 2.31. The first-order chi connectivity index (χ1) is 10.2. The van der Waals surface area contributed by atoms with Crippen molar-refractivity contribution in [1.29, 1.82) is 0 Å². The number of aromatic amines is 2. The van der Waals surface area contributed by atoms with Crippen molar-refractivity contribution < 1.29 is 0 Å². The molecule has 2 aliphatic rings. The van der Waals surface area contributed by atoms with Crippen LogP contribution in [0.25, 0.3) is 10.8 Å². The quantitative estimate of drug-likeness (QED) is 0.765. The van der Waals surface area contributed by atoms with Crippen LogP contribution in [0.1, 0.15) is 19.3 Å². The number of benzene rings is 1. The van der Waals surface area contributed by atoms with E-state index < -0.39 is 0 Å². The van der Waals surface area contributed by atoms with Gasteiger partial charge in [0.25, 0.3) is 11.1 Å². The van der Waals surface area contributed by atoms with Crippen LogP contribution in [-0.4, -0.2) is 40.3 Å². The van der Waals surface area contributed by atoms with Gasteiger partial charge in [0.15, 0.2) is 0 Å². The van der Waals surface area contributed by atoms with Crippen LogP contribution < -0.4 is 16.4 Å². The zero-order valence-corrected chi connectivity index (χ0v) is 11.7. The minimum absolute atomic E-state index is 0.256. The average molecular weight is 286 g/mol. The average Bonchev–Trinajstić information content (AvgIpc) is 3.08. The summed E-state index contributed by atoms with van der Waals surface area (Å²) < 4.78 is 0. The minimum atomic E-state index is -0.262. The molecular formula is C15H18N4O2. The van der Waals surface area contributed by atoms with Crippen LogP contribution in [0.15, 0.2) is 27.8 Å². The maximum absolute atomic E-state index is 12.1. The minimum Gasteiger partial charge on any atom is -0.380 e. The molecule has 1 aromatic carbocycles. The highest BCUT2D eigenvalue weighted by Gasteiger charge is 2.37. The van der Waals surface area contributed by atoms with E-state index in [9.17, 15) is 9.59 Å². The van der Waals surface area contributed by atoms with E-state index in [2.05, 4.69) is 20.4 Å². The van der Waals surface area contributed by atoms with Gasteiger partial charge >= 0.3 is 0 Å². The van der Waals surface area contributed by atoms with Gasteiger partial charge in [-0.2, -0.15) is 0 Å². The van der Waals surface area contributed by atoms with Crippen molar-refractivity contribution in [2.75, 3.05) is 18.4 Å². The standard InChI is InChI=1S/C15H18N4O2/c20-14-9-3-1-4-11(13(9)15(21)18-17-14)16-10-6-8-19-7-2-5-12(10)19/h1,3-4,10,12,16H,2,5-8H2,(H,17,20)(H,18,21). The molecule has 2 unspecified atom stereocenters. The Bertz CT molecular complexity index is 794. The van der Waals surface area contributed by atoms with Crippen LogP contribution in [-0.2, 0) is 0 Å². The fraction of sp³-hybridized carbons (Fsp3) is 0.467. The molecule has 3 N–H and O–H groups in total. The number of nitrogens with one attached hydrogen (secondary N) is 3.